The Kier molecular flexibility index (Phi) is 14.1. The van der Waals surface area contributed by atoms with Gasteiger partial charge in [0, 0.05) is 82.0 Å². The number of hydrogen-bond donors (Lipinski definition) is 7. The average molecular weight is 950 g/mol. The molecule has 6 rings (SSSR count). The molecule has 1 aromatic heterocycles. The summed E-state index contributed by atoms with van der Waals surface area (Å²) in [5, 5.41) is 76.1. The van der Waals surface area contributed by atoms with Crippen LogP contribution in [0.5, 0.6) is 0 Å². The van der Waals surface area contributed by atoms with E-state index in [0.717, 1.165) is 0 Å². The molecule has 0 saturated carbocycles. The number of carboxylic acid groups (broad SMARTS) is 7. The normalized spacial score (nSPS) is 28.7. The van der Waals surface area contributed by atoms with E-state index in [-0.39, 0.29) is 112 Å². The monoisotopic (exact) mass is 949 g/mol. The summed E-state index contributed by atoms with van der Waals surface area (Å²) in [7, 11) is 0. The molecule has 7 atom stereocenters. The van der Waals surface area contributed by atoms with E-state index in [1.807, 2.05) is 0 Å². The molecule has 1 radical (unpaired) electrons. The van der Waals surface area contributed by atoms with Gasteiger partial charge in [-0.05, 0) is 67.0 Å². The van der Waals surface area contributed by atoms with Gasteiger partial charge in [-0.2, -0.15) is 11.4 Å². The number of carbonyl (C=O) groups excluding carboxylic acids is 1. The summed E-state index contributed by atoms with van der Waals surface area (Å²) in [5.41, 5.74) is -5.03. The molecule has 2 unspecified atom stereocenters. The maximum atomic E-state index is 13.6. The molecule has 6 heterocycles. The third-order valence-electron chi connectivity index (χ3n) is 13.9. The number of carboxylic acids is 7. The van der Waals surface area contributed by atoms with Gasteiger partial charge in [0.25, 0.3) is 0 Å². The fraction of sp³-hybridized carbons (Fsp3) is 0.545. The van der Waals surface area contributed by atoms with E-state index in [9.17, 15) is 74.1 Å². The number of carbonyl (C=O) groups is 8. The fourth-order valence-electron chi connectivity index (χ4n) is 10.8. The fourth-order valence-corrected chi connectivity index (χ4v) is 10.8. The first-order valence-electron chi connectivity index (χ1n) is 20.8. The standard InChI is InChI=1S/C44H51N4O16.Co/c1-20-44-40-25(14-37(59)60)41(2,12-11-35(55)56)30(47-40)16-27-21(5-8-32(49)50)22(13-36(57)58)26(45-27)15-28-23(6-9-33(51)52)42(3,18-38(61)62)31(46-28)17-29(48-44)24(7-10-34(53)54)43(44,4)19-39(63)64-20;/h15,17,20,23-24H,5-14,16,18-19H2,1-4H3,(H8,46,48,49,50,51,52,53,54,55,56,57,58,59,60,61,62);/q-1;/p-1/t20?,23-,24-,41-,42+,43+,44?;/m1./s1. The number of fused-ring (bicyclic) bond motifs is 5. The molecule has 0 amide bonds. The average Bonchev–Trinajstić information content (AvgIpc) is 3.78. The zero-order valence-corrected chi connectivity index (χ0v) is 37.0. The predicted octanol–water partition coefficient (Wildman–Crippen LogP) is 4.49. The van der Waals surface area contributed by atoms with E-state index >= 15 is 0 Å². The first kappa shape index (κ1) is 49.9. The molecule has 65 heavy (non-hydrogen) atoms. The summed E-state index contributed by atoms with van der Waals surface area (Å²) in [4.78, 5) is 115. The number of allylic oxidation sites excluding steroid dienone is 3. The number of rotatable bonds is 18. The summed E-state index contributed by atoms with van der Waals surface area (Å²) in [6.45, 7) is 6.42. The zero-order chi connectivity index (χ0) is 47.3. The summed E-state index contributed by atoms with van der Waals surface area (Å²) in [5.74, 6) is -11.3. The van der Waals surface area contributed by atoms with Crippen molar-refractivity contribution in [2.75, 3.05) is 0 Å². The first-order chi connectivity index (χ1) is 29.9. The van der Waals surface area contributed by atoms with Crippen molar-refractivity contribution in [2.24, 2.45) is 38.1 Å². The number of aliphatic carboxylic acids is 7. The van der Waals surface area contributed by atoms with Crippen LogP contribution in [0.3, 0.4) is 0 Å². The van der Waals surface area contributed by atoms with Crippen LogP contribution in [0.2, 0.25) is 0 Å². The Hall–Kier alpha value is -6.09. The smallest absolute Gasteiger partial charge is 0.307 e. The van der Waals surface area contributed by atoms with Crippen LogP contribution in [-0.2, 0) is 79.1 Å². The van der Waals surface area contributed by atoms with Crippen LogP contribution in [0.15, 0.2) is 38.7 Å². The first-order valence-corrected chi connectivity index (χ1v) is 20.8. The quantitative estimate of drug-likeness (QED) is 0.0997. The second-order valence-electron chi connectivity index (χ2n) is 17.9. The molecule has 20 nitrogen and oxygen atoms in total. The molecule has 0 aliphatic carbocycles. The maximum absolute atomic E-state index is 13.6. The van der Waals surface area contributed by atoms with E-state index in [4.69, 9.17) is 25.0 Å². The van der Waals surface area contributed by atoms with E-state index in [0.29, 0.717) is 0 Å². The minimum Gasteiger partial charge on any atom is -0.674 e. The maximum Gasteiger partial charge on any atom is 0.307 e. The minimum absolute atomic E-state index is 0. The van der Waals surface area contributed by atoms with E-state index in [1.54, 1.807) is 20.8 Å². The summed E-state index contributed by atoms with van der Waals surface area (Å²) in [6, 6.07) is 0. The molecule has 1 aromatic rings. The van der Waals surface area contributed by atoms with Crippen molar-refractivity contribution < 1.29 is 95.6 Å². The third-order valence-corrected chi connectivity index (χ3v) is 13.9. The summed E-state index contributed by atoms with van der Waals surface area (Å²) >= 11 is 0. The SMILES string of the molecule is CC1OC(=O)C[C@@]2(C)[C@H](CCC(=O)O)C3=CC4=NC(=Cc5[n-]c(c(CCC(=O)O)c5CC(=O)O)CC5=NC(=C(CC(=O)O)[C@@]5(C)CCC(=O)O)C12[N-]3)[C@@H](CCC(=O)O)[C@]4(C)CC(=O)O.[Co]. The minimum atomic E-state index is -1.79. The van der Waals surface area contributed by atoms with Crippen molar-refractivity contribution in [3.63, 3.8) is 0 Å². The molecule has 5 aliphatic heterocycles. The van der Waals surface area contributed by atoms with E-state index in [1.165, 1.54) is 19.1 Å². The molecule has 5 aliphatic rings. The molecule has 1 spiro atoms. The molecule has 353 valence electrons. The molecule has 2 saturated heterocycles. The number of aliphatic imine (C=N–C) groups is 2. The number of nitrogens with zero attached hydrogens (tertiary/aromatic N) is 4. The van der Waals surface area contributed by atoms with Gasteiger partial charge in [-0.25, -0.2) is 0 Å². The Morgan fingerprint density at radius 2 is 1.35 bits per heavy atom. The molecular weight excluding hydrogens is 899 g/mol. The predicted molar refractivity (Wildman–Crippen MR) is 221 cm³/mol. The van der Waals surface area contributed by atoms with Gasteiger partial charge in [-0.3, -0.25) is 48.3 Å². The number of hydrogen-bond acceptors (Lipinski definition) is 11. The van der Waals surface area contributed by atoms with Gasteiger partial charge in [0.05, 0.1) is 31.8 Å². The second-order valence-corrected chi connectivity index (χ2v) is 17.9. The Labute approximate surface area is 382 Å². The molecule has 21 heteroatoms. The van der Waals surface area contributed by atoms with Crippen molar-refractivity contribution >= 4 is 65.3 Å². The van der Waals surface area contributed by atoms with Gasteiger partial charge >= 0.3 is 47.8 Å². The van der Waals surface area contributed by atoms with Crippen molar-refractivity contribution in [3.8, 4) is 0 Å². The van der Waals surface area contributed by atoms with Gasteiger partial charge < -0.3 is 50.8 Å². The van der Waals surface area contributed by atoms with Gasteiger partial charge in [0.15, 0.2) is 0 Å². The Morgan fingerprint density at radius 1 is 0.754 bits per heavy atom. The van der Waals surface area contributed by atoms with Crippen LogP contribution in [0.4, 0.5) is 0 Å². The largest absolute Gasteiger partial charge is 0.674 e. The van der Waals surface area contributed by atoms with Crippen LogP contribution in [0.1, 0.15) is 114 Å². The second kappa shape index (κ2) is 18.4. The van der Waals surface area contributed by atoms with Gasteiger partial charge in [-0.1, -0.05) is 38.5 Å². The van der Waals surface area contributed by atoms with Crippen LogP contribution >= 0.6 is 0 Å². The summed E-state index contributed by atoms with van der Waals surface area (Å²) < 4.78 is 5.93. The van der Waals surface area contributed by atoms with Crippen LogP contribution < -0.4 is 4.98 Å². The van der Waals surface area contributed by atoms with Crippen molar-refractivity contribution in [2.45, 2.75) is 123 Å². The molecule has 0 aromatic carbocycles. The molecule has 2 fully saturated rings. The van der Waals surface area contributed by atoms with Crippen molar-refractivity contribution in [3.05, 3.63) is 56.6 Å². The Morgan fingerprint density at radius 3 is 1.92 bits per heavy atom. The van der Waals surface area contributed by atoms with E-state index in [2.05, 4.69) is 0 Å². The number of ether oxygens (including phenoxy) is 1. The number of esters is 1. The van der Waals surface area contributed by atoms with Crippen molar-refractivity contribution in [1.29, 1.82) is 0 Å². The van der Waals surface area contributed by atoms with Gasteiger partial charge in [0.2, 0.25) is 0 Å². The van der Waals surface area contributed by atoms with Crippen LogP contribution in [0.25, 0.3) is 11.4 Å². The van der Waals surface area contributed by atoms with Gasteiger partial charge in [0.1, 0.15) is 0 Å². The van der Waals surface area contributed by atoms with Crippen LogP contribution in [0, 0.1) is 28.1 Å². The Bertz CT molecular complexity index is 2410. The zero-order valence-electron chi connectivity index (χ0n) is 36.0. The number of aromatic nitrogens is 1. The topological polar surface area (TPSA) is 340 Å². The molecular formula is C44H50CoN4O16-2. The number of cyclic esters (lactones) is 1. The molecule has 7 N–H and O–H groups in total. The van der Waals surface area contributed by atoms with Crippen LogP contribution in [-0.4, -0.2) is 107 Å². The van der Waals surface area contributed by atoms with E-state index < -0.39 is 132 Å². The summed E-state index contributed by atoms with van der Waals surface area (Å²) in [6.07, 6.45) is -3.50. The third kappa shape index (κ3) is 9.12. The van der Waals surface area contributed by atoms with Crippen molar-refractivity contribution in [1.82, 2.24) is 4.98 Å². The van der Waals surface area contributed by atoms with Gasteiger partial charge in [-0.15, -0.1) is 5.69 Å². The Balaban J connectivity index is 0.00000793. The molecule has 8 bridgehead atoms.